The van der Waals surface area contributed by atoms with Crippen molar-refractivity contribution >= 4 is 17.6 Å². The largest absolute Gasteiger partial charge is 0.478 e. The number of carbonyl (C=O) groups is 1. The maximum atomic E-state index is 11.4. The van der Waals surface area contributed by atoms with E-state index in [1.54, 1.807) is 54.2 Å². The van der Waals surface area contributed by atoms with E-state index in [-0.39, 0.29) is 5.56 Å². The number of carboxylic acids is 1. The van der Waals surface area contributed by atoms with Gasteiger partial charge in [0.05, 0.1) is 16.3 Å². The summed E-state index contributed by atoms with van der Waals surface area (Å²) < 4.78 is 7.57. The van der Waals surface area contributed by atoms with E-state index >= 15 is 0 Å². The first-order valence-corrected chi connectivity index (χ1v) is 8.06. The summed E-state index contributed by atoms with van der Waals surface area (Å²) in [4.78, 5) is 11.4. The minimum Gasteiger partial charge on any atom is -0.478 e. The third-order valence-corrected chi connectivity index (χ3v) is 4.36. The van der Waals surface area contributed by atoms with Crippen molar-refractivity contribution in [1.82, 2.24) is 9.78 Å². The van der Waals surface area contributed by atoms with Crippen LogP contribution in [0.3, 0.4) is 0 Å². The van der Waals surface area contributed by atoms with E-state index in [0.29, 0.717) is 27.8 Å². The summed E-state index contributed by atoms with van der Waals surface area (Å²) in [6, 6.07) is 12.0. The monoisotopic (exact) mass is 356 g/mol. The second-order valence-electron chi connectivity index (χ2n) is 5.74. The fraction of sp³-hybridized carbons (Fsp3) is 0.158. The summed E-state index contributed by atoms with van der Waals surface area (Å²) >= 11 is 6.37. The van der Waals surface area contributed by atoms with Gasteiger partial charge < -0.3 is 9.84 Å². The summed E-state index contributed by atoms with van der Waals surface area (Å²) in [7, 11) is 1.81. The van der Waals surface area contributed by atoms with Crippen LogP contribution in [0.4, 0.5) is 0 Å². The van der Waals surface area contributed by atoms with Crippen LogP contribution < -0.4 is 4.74 Å². The third-order valence-electron chi connectivity index (χ3n) is 4.06. The number of hydrogen-bond acceptors (Lipinski definition) is 3. The number of halogens is 1. The Bertz CT molecular complexity index is 963. The Labute approximate surface area is 150 Å². The molecule has 0 saturated heterocycles. The Kier molecular flexibility index (Phi) is 4.51. The fourth-order valence-corrected chi connectivity index (χ4v) is 2.88. The second kappa shape index (κ2) is 6.61. The molecular formula is C19H17ClN2O3. The molecule has 6 heteroatoms. The van der Waals surface area contributed by atoms with E-state index in [9.17, 15) is 9.90 Å². The molecule has 1 aromatic heterocycles. The van der Waals surface area contributed by atoms with Crippen molar-refractivity contribution in [3.05, 3.63) is 64.3 Å². The Morgan fingerprint density at radius 3 is 2.52 bits per heavy atom. The molecule has 128 valence electrons. The third kappa shape index (κ3) is 3.23. The zero-order chi connectivity index (χ0) is 18.1. The van der Waals surface area contributed by atoms with Gasteiger partial charge in [-0.3, -0.25) is 0 Å². The molecule has 1 N–H and O–H groups in total. The van der Waals surface area contributed by atoms with Gasteiger partial charge in [0.25, 0.3) is 0 Å². The van der Waals surface area contributed by atoms with E-state index in [1.165, 1.54) is 0 Å². The highest BCUT2D eigenvalue weighted by Crippen LogP contribution is 2.35. The lowest BCUT2D eigenvalue weighted by molar-refractivity contribution is 0.0697. The first-order valence-electron chi connectivity index (χ1n) is 7.68. The maximum Gasteiger partial charge on any atom is 0.336 e. The second-order valence-corrected chi connectivity index (χ2v) is 6.14. The molecular weight excluding hydrogens is 340 g/mol. The highest BCUT2D eigenvalue weighted by atomic mass is 35.5. The molecule has 25 heavy (non-hydrogen) atoms. The van der Waals surface area contributed by atoms with Gasteiger partial charge in [-0.25, -0.2) is 9.48 Å². The molecule has 0 fully saturated rings. The van der Waals surface area contributed by atoms with Crippen LogP contribution in [0, 0.1) is 13.8 Å². The molecule has 0 radical (unpaired) electrons. The average Bonchev–Trinajstić information content (AvgIpc) is 2.82. The number of ether oxygens (including phenoxy) is 1. The first kappa shape index (κ1) is 17.0. The summed E-state index contributed by atoms with van der Waals surface area (Å²) in [6.07, 6.45) is 0. The van der Waals surface area contributed by atoms with Gasteiger partial charge in [0.15, 0.2) is 0 Å². The number of rotatable bonds is 4. The van der Waals surface area contributed by atoms with E-state index in [1.807, 2.05) is 13.8 Å². The minimum absolute atomic E-state index is 0.227. The normalized spacial score (nSPS) is 10.7. The fourth-order valence-electron chi connectivity index (χ4n) is 2.66. The van der Waals surface area contributed by atoms with E-state index in [2.05, 4.69) is 5.10 Å². The van der Waals surface area contributed by atoms with Gasteiger partial charge in [-0.2, -0.15) is 5.10 Å². The number of benzene rings is 2. The Balaban J connectivity index is 1.98. The summed E-state index contributed by atoms with van der Waals surface area (Å²) in [5.41, 5.74) is 3.38. The first-order chi connectivity index (χ1) is 11.9. The number of aromatic carboxylic acids is 1. The van der Waals surface area contributed by atoms with Gasteiger partial charge in [0.2, 0.25) is 5.88 Å². The Morgan fingerprint density at radius 2 is 1.92 bits per heavy atom. The van der Waals surface area contributed by atoms with E-state index in [4.69, 9.17) is 16.3 Å². The van der Waals surface area contributed by atoms with Crippen molar-refractivity contribution < 1.29 is 14.6 Å². The van der Waals surface area contributed by atoms with Crippen molar-refractivity contribution in [2.24, 2.45) is 7.05 Å². The summed E-state index contributed by atoms with van der Waals surface area (Å²) in [6.45, 7) is 3.85. The van der Waals surface area contributed by atoms with Crippen molar-refractivity contribution in [3.63, 3.8) is 0 Å². The SMILES string of the molecule is Cc1nn(C)c(Oc2ccc(-c3ccccc3C(=O)O)cc2Cl)c1C. The van der Waals surface area contributed by atoms with Crippen LogP contribution in [0.15, 0.2) is 42.5 Å². The van der Waals surface area contributed by atoms with Gasteiger partial charge in [-0.1, -0.05) is 35.9 Å². The van der Waals surface area contributed by atoms with Crippen LogP contribution in [0.25, 0.3) is 11.1 Å². The summed E-state index contributed by atoms with van der Waals surface area (Å²) in [5, 5.41) is 14.1. The molecule has 0 atom stereocenters. The van der Waals surface area contributed by atoms with Gasteiger partial charge in [-0.15, -0.1) is 0 Å². The number of aryl methyl sites for hydroxylation is 2. The zero-order valence-electron chi connectivity index (χ0n) is 14.1. The van der Waals surface area contributed by atoms with E-state index < -0.39 is 5.97 Å². The van der Waals surface area contributed by atoms with Gasteiger partial charge in [-0.05, 0) is 43.2 Å². The zero-order valence-corrected chi connectivity index (χ0v) is 14.8. The quantitative estimate of drug-likeness (QED) is 0.725. The number of aromatic nitrogens is 2. The van der Waals surface area contributed by atoms with Crippen LogP contribution in [0.1, 0.15) is 21.6 Å². The van der Waals surface area contributed by atoms with Crippen molar-refractivity contribution in [1.29, 1.82) is 0 Å². The van der Waals surface area contributed by atoms with Crippen molar-refractivity contribution in [2.45, 2.75) is 13.8 Å². The number of carboxylic acid groups (broad SMARTS) is 1. The van der Waals surface area contributed by atoms with Crippen molar-refractivity contribution in [2.75, 3.05) is 0 Å². The smallest absolute Gasteiger partial charge is 0.336 e. The molecule has 3 rings (SSSR count). The van der Waals surface area contributed by atoms with Gasteiger partial charge >= 0.3 is 5.97 Å². The van der Waals surface area contributed by atoms with Gasteiger partial charge in [0.1, 0.15) is 5.75 Å². The highest BCUT2D eigenvalue weighted by molar-refractivity contribution is 6.32. The van der Waals surface area contributed by atoms with Crippen LogP contribution in [-0.4, -0.2) is 20.9 Å². The molecule has 0 unspecified atom stereocenters. The molecule has 3 aromatic rings. The van der Waals surface area contributed by atoms with Crippen LogP contribution in [-0.2, 0) is 7.05 Å². The molecule has 5 nitrogen and oxygen atoms in total. The molecule has 0 aliphatic heterocycles. The molecule has 0 saturated carbocycles. The highest BCUT2D eigenvalue weighted by Gasteiger charge is 2.15. The van der Waals surface area contributed by atoms with Crippen molar-refractivity contribution in [3.8, 4) is 22.8 Å². The van der Waals surface area contributed by atoms with Crippen LogP contribution in [0.5, 0.6) is 11.6 Å². The lowest BCUT2D eigenvalue weighted by atomic mass is 10.00. The standard InChI is InChI=1S/C19H17ClN2O3/c1-11-12(2)21-22(3)18(11)25-17-9-8-13(10-16(17)20)14-6-4-5-7-15(14)19(23)24/h4-10H,1-3H3,(H,23,24). The molecule has 0 bridgehead atoms. The predicted octanol–water partition coefficient (Wildman–Crippen LogP) is 4.85. The minimum atomic E-state index is -0.979. The molecule has 0 aliphatic rings. The topological polar surface area (TPSA) is 64.4 Å². The predicted molar refractivity (Wildman–Crippen MR) is 96.6 cm³/mol. The molecule has 1 heterocycles. The maximum absolute atomic E-state index is 11.4. The lowest BCUT2D eigenvalue weighted by Crippen LogP contribution is -1.99. The molecule has 0 aliphatic carbocycles. The molecule has 0 spiro atoms. The number of nitrogens with zero attached hydrogens (tertiary/aromatic N) is 2. The Hall–Kier alpha value is -2.79. The number of hydrogen-bond donors (Lipinski definition) is 1. The van der Waals surface area contributed by atoms with Gasteiger partial charge in [0, 0.05) is 12.6 Å². The van der Waals surface area contributed by atoms with Crippen LogP contribution in [0.2, 0.25) is 5.02 Å². The Morgan fingerprint density at radius 1 is 1.20 bits per heavy atom. The van der Waals surface area contributed by atoms with Crippen LogP contribution >= 0.6 is 11.6 Å². The molecule has 2 aromatic carbocycles. The van der Waals surface area contributed by atoms with E-state index in [0.717, 1.165) is 11.3 Å². The lowest BCUT2D eigenvalue weighted by Gasteiger charge is -2.11. The molecule has 0 amide bonds. The average molecular weight is 357 g/mol. The summed E-state index contributed by atoms with van der Waals surface area (Å²) in [5.74, 6) is 0.135.